The van der Waals surface area contributed by atoms with Crippen molar-refractivity contribution in [2.75, 3.05) is 6.54 Å². The maximum atomic E-state index is 12.6. The highest BCUT2D eigenvalue weighted by atomic mass is 35.5. The third kappa shape index (κ3) is 2.40. The van der Waals surface area contributed by atoms with Gasteiger partial charge in [-0.15, -0.1) is 0 Å². The summed E-state index contributed by atoms with van der Waals surface area (Å²) in [6.45, 7) is 2.72. The molecule has 0 radical (unpaired) electrons. The number of halogens is 2. The molecule has 0 bridgehead atoms. The predicted octanol–water partition coefficient (Wildman–Crippen LogP) is 2.72. The average Bonchev–Trinajstić information content (AvgIpc) is 2.93. The van der Waals surface area contributed by atoms with Crippen molar-refractivity contribution in [1.29, 1.82) is 0 Å². The van der Waals surface area contributed by atoms with E-state index in [0.29, 0.717) is 22.2 Å². The van der Waals surface area contributed by atoms with Crippen LogP contribution in [0.25, 0.3) is 0 Å². The minimum absolute atomic E-state index is 0.00409. The van der Waals surface area contributed by atoms with Crippen molar-refractivity contribution >= 4 is 35.0 Å². The van der Waals surface area contributed by atoms with Crippen LogP contribution in [0.15, 0.2) is 18.2 Å². The van der Waals surface area contributed by atoms with Gasteiger partial charge in [0.15, 0.2) is 0 Å². The quantitative estimate of drug-likeness (QED) is 0.838. The molecule has 1 aromatic carbocycles. The first kappa shape index (κ1) is 14.7. The maximum Gasteiger partial charge on any atom is 0.246 e. The molecule has 0 N–H and O–H groups in total. The fourth-order valence-corrected chi connectivity index (χ4v) is 3.63. The molecule has 2 heterocycles. The molecule has 0 saturated carbocycles. The summed E-state index contributed by atoms with van der Waals surface area (Å²) in [7, 11) is 0. The highest BCUT2D eigenvalue weighted by molar-refractivity contribution is 6.36. The first-order valence-electron chi connectivity index (χ1n) is 7.04. The third-order valence-corrected chi connectivity index (χ3v) is 5.03. The molecule has 6 heteroatoms. The molecule has 1 aromatic rings. The van der Waals surface area contributed by atoms with Crippen LogP contribution in [0, 0.1) is 0 Å². The number of carbonyl (C=O) groups is 2. The lowest BCUT2D eigenvalue weighted by Crippen LogP contribution is -2.61. The monoisotopic (exact) mass is 326 g/mol. The van der Waals surface area contributed by atoms with Gasteiger partial charge < -0.3 is 9.80 Å². The second kappa shape index (κ2) is 5.50. The summed E-state index contributed by atoms with van der Waals surface area (Å²) in [5.41, 5.74) is 0.695. The zero-order valence-corrected chi connectivity index (χ0v) is 13.2. The van der Waals surface area contributed by atoms with Gasteiger partial charge in [-0.2, -0.15) is 0 Å². The van der Waals surface area contributed by atoms with E-state index in [1.807, 2.05) is 0 Å². The number of fused-ring (bicyclic) bond motifs is 1. The van der Waals surface area contributed by atoms with E-state index in [1.165, 1.54) is 0 Å². The van der Waals surface area contributed by atoms with Gasteiger partial charge in [-0.05, 0) is 31.9 Å². The third-order valence-electron chi connectivity index (χ3n) is 4.32. The van der Waals surface area contributed by atoms with Crippen LogP contribution in [0.5, 0.6) is 0 Å². The minimum atomic E-state index is -0.473. The van der Waals surface area contributed by atoms with Gasteiger partial charge in [0.05, 0.1) is 0 Å². The van der Waals surface area contributed by atoms with Crippen molar-refractivity contribution in [3.05, 3.63) is 33.8 Å². The molecule has 2 atom stereocenters. The number of carbonyl (C=O) groups excluding carboxylic acids is 2. The van der Waals surface area contributed by atoms with Crippen molar-refractivity contribution < 1.29 is 9.59 Å². The van der Waals surface area contributed by atoms with Crippen LogP contribution >= 0.6 is 23.2 Å². The van der Waals surface area contributed by atoms with E-state index >= 15 is 0 Å². The predicted molar refractivity (Wildman–Crippen MR) is 81.2 cm³/mol. The zero-order valence-electron chi connectivity index (χ0n) is 11.7. The first-order chi connectivity index (χ1) is 10.0. The number of amides is 2. The second-order valence-electron chi connectivity index (χ2n) is 5.53. The Morgan fingerprint density at radius 1 is 1.19 bits per heavy atom. The summed E-state index contributed by atoms with van der Waals surface area (Å²) in [6, 6.07) is 4.46. The molecule has 0 aromatic heterocycles. The SMILES string of the molecule is C[C@H]1C(=O)N2CCC[C@@H]2C(=O)N1Cc1c(Cl)cccc1Cl. The van der Waals surface area contributed by atoms with Gasteiger partial charge in [-0.25, -0.2) is 0 Å². The van der Waals surface area contributed by atoms with Crippen LogP contribution in [-0.4, -0.2) is 40.2 Å². The van der Waals surface area contributed by atoms with Crippen molar-refractivity contribution in [1.82, 2.24) is 9.80 Å². The standard InChI is InChI=1S/C15H16Cl2N2O2/c1-9-14(20)18-7-3-6-13(18)15(21)19(9)8-10-11(16)4-2-5-12(10)17/h2,4-5,9,13H,3,6-8H2,1H3/t9-,13+/m0/s1. The van der Waals surface area contributed by atoms with E-state index in [4.69, 9.17) is 23.2 Å². The summed E-state index contributed by atoms with van der Waals surface area (Å²) in [5.74, 6) is 0.0101. The Hall–Kier alpha value is -1.26. The van der Waals surface area contributed by atoms with E-state index < -0.39 is 6.04 Å². The molecular formula is C15H16Cl2N2O2. The topological polar surface area (TPSA) is 40.6 Å². The van der Waals surface area contributed by atoms with Crippen LogP contribution in [0.1, 0.15) is 25.3 Å². The molecule has 2 aliphatic heterocycles. The molecule has 2 fully saturated rings. The average molecular weight is 327 g/mol. The molecule has 2 amide bonds. The van der Waals surface area contributed by atoms with Crippen LogP contribution in [0.4, 0.5) is 0 Å². The Labute approximate surface area is 133 Å². The molecule has 21 heavy (non-hydrogen) atoms. The lowest BCUT2D eigenvalue weighted by atomic mass is 10.0. The van der Waals surface area contributed by atoms with E-state index in [2.05, 4.69) is 0 Å². The Kier molecular flexibility index (Phi) is 3.84. The summed E-state index contributed by atoms with van der Waals surface area (Å²) in [4.78, 5) is 28.3. The van der Waals surface area contributed by atoms with Crippen LogP contribution < -0.4 is 0 Å². The van der Waals surface area contributed by atoms with Gasteiger partial charge in [0.1, 0.15) is 12.1 Å². The Morgan fingerprint density at radius 3 is 2.52 bits per heavy atom. The zero-order chi connectivity index (χ0) is 15.1. The summed E-state index contributed by atoms with van der Waals surface area (Å²) < 4.78 is 0. The Balaban J connectivity index is 1.91. The smallest absolute Gasteiger partial charge is 0.246 e. The number of hydrogen-bond donors (Lipinski definition) is 0. The van der Waals surface area contributed by atoms with Gasteiger partial charge in [0.25, 0.3) is 0 Å². The number of rotatable bonds is 2. The molecule has 4 nitrogen and oxygen atoms in total. The van der Waals surface area contributed by atoms with Crippen molar-refractivity contribution in [2.45, 2.75) is 38.4 Å². The van der Waals surface area contributed by atoms with Gasteiger partial charge in [0, 0.05) is 28.7 Å². The van der Waals surface area contributed by atoms with Gasteiger partial charge >= 0.3 is 0 Å². The van der Waals surface area contributed by atoms with E-state index in [-0.39, 0.29) is 24.4 Å². The van der Waals surface area contributed by atoms with E-state index in [0.717, 1.165) is 12.8 Å². The van der Waals surface area contributed by atoms with Gasteiger partial charge in [-0.1, -0.05) is 29.3 Å². The molecule has 2 aliphatic rings. The number of piperazine rings is 1. The molecular weight excluding hydrogens is 311 g/mol. The molecule has 0 aliphatic carbocycles. The summed E-state index contributed by atoms with van der Waals surface area (Å²) in [5, 5.41) is 1.03. The summed E-state index contributed by atoms with van der Waals surface area (Å²) >= 11 is 12.3. The number of benzene rings is 1. The summed E-state index contributed by atoms with van der Waals surface area (Å²) in [6.07, 6.45) is 1.62. The molecule has 112 valence electrons. The fourth-order valence-electron chi connectivity index (χ4n) is 3.11. The van der Waals surface area contributed by atoms with Crippen molar-refractivity contribution in [3.8, 4) is 0 Å². The minimum Gasteiger partial charge on any atom is -0.329 e. The Morgan fingerprint density at radius 2 is 1.86 bits per heavy atom. The number of hydrogen-bond acceptors (Lipinski definition) is 2. The van der Waals surface area contributed by atoms with Crippen molar-refractivity contribution in [2.24, 2.45) is 0 Å². The molecule has 0 spiro atoms. The lowest BCUT2D eigenvalue weighted by Gasteiger charge is -2.41. The second-order valence-corrected chi connectivity index (χ2v) is 6.35. The highest BCUT2D eigenvalue weighted by Gasteiger charge is 2.45. The number of nitrogens with zero attached hydrogens (tertiary/aromatic N) is 2. The molecule has 2 saturated heterocycles. The van der Waals surface area contributed by atoms with Crippen LogP contribution in [-0.2, 0) is 16.1 Å². The van der Waals surface area contributed by atoms with Crippen LogP contribution in [0.3, 0.4) is 0 Å². The molecule has 0 unspecified atom stereocenters. The highest BCUT2D eigenvalue weighted by Crippen LogP contribution is 2.31. The molecule has 3 rings (SSSR count). The Bertz CT molecular complexity index is 585. The lowest BCUT2D eigenvalue weighted by molar-refractivity contribution is -0.159. The van der Waals surface area contributed by atoms with Gasteiger partial charge in [-0.3, -0.25) is 9.59 Å². The van der Waals surface area contributed by atoms with E-state index in [1.54, 1.807) is 34.9 Å². The largest absolute Gasteiger partial charge is 0.329 e. The fraction of sp³-hybridized carbons (Fsp3) is 0.467. The van der Waals surface area contributed by atoms with Crippen LogP contribution in [0.2, 0.25) is 10.0 Å². The van der Waals surface area contributed by atoms with E-state index in [9.17, 15) is 9.59 Å². The normalized spacial score (nSPS) is 25.5. The van der Waals surface area contributed by atoms with Gasteiger partial charge in [0.2, 0.25) is 11.8 Å². The maximum absolute atomic E-state index is 12.6. The van der Waals surface area contributed by atoms with Crippen molar-refractivity contribution in [3.63, 3.8) is 0 Å². The first-order valence-corrected chi connectivity index (χ1v) is 7.80.